The van der Waals surface area contributed by atoms with Crippen LogP contribution in [0.4, 0.5) is 0 Å². The van der Waals surface area contributed by atoms with Crippen molar-refractivity contribution in [3.8, 4) is 11.5 Å². The summed E-state index contributed by atoms with van der Waals surface area (Å²) in [7, 11) is 0. The molecule has 0 saturated heterocycles. The van der Waals surface area contributed by atoms with Crippen LogP contribution in [0.2, 0.25) is 0 Å². The Kier molecular flexibility index (Phi) is 3.65. The highest BCUT2D eigenvalue weighted by Gasteiger charge is 2.08. The van der Waals surface area contributed by atoms with Crippen molar-refractivity contribution < 1.29 is 0 Å². The summed E-state index contributed by atoms with van der Waals surface area (Å²) in [6, 6.07) is 12.1. The molecule has 0 spiro atoms. The maximum Gasteiger partial charge on any atom is 0.179 e. The highest BCUT2D eigenvalue weighted by molar-refractivity contribution is 5.92. The van der Waals surface area contributed by atoms with Crippen LogP contribution in [0.25, 0.3) is 22.3 Å². The van der Waals surface area contributed by atoms with Crippen LogP contribution in [0, 0.1) is 0 Å². The maximum atomic E-state index is 4.59. The van der Waals surface area contributed by atoms with Gasteiger partial charge in [0, 0.05) is 24.3 Å². The summed E-state index contributed by atoms with van der Waals surface area (Å²) in [4.78, 5) is 13.4. The molecule has 2 aromatic heterocycles. The van der Waals surface area contributed by atoms with Gasteiger partial charge in [0.25, 0.3) is 0 Å². The van der Waals surface area contributed by atoms with Crippen molar-refractivity contribution in [1.29, 1.82) is 0 Å². The largest absolute Gasteiger partial charge is 0.311 e. The highest BCUT2D eigenvalue weighted by atomic mass is 14.9. The van der Waals surface area contributed by atoms with E-state index in [9.17, 15) is 0 Å². The normalized spacial score (nSPS) is 10.8. The average molecular weight is 264 g/mol. The minimum atomic E-state index is 0.678. The molecule has 3 aromatic rings. The second kappa shape index (κ2) is 5.75. The Morgan fingerprint density at radius 2 is 1.85 bits per heavy atom. The topological polar surface area (TPSA) is 50.7 Å². The maximum absolute atomic E-state index is 4.59. The van der Waals surface area contributed by atoms with Crippen molar-refractivity contribution in [1.82, 2.24) is 20.3 Å². The number of nitrogens with one attached hydrogen (secondary N) is 1. The lowest BCUT2D eigenvalue weighted by molar-refractivity contribution is 0.709. The summed E-state index contributed by atoms with van der Waals surface area (Å²) < 4.78 is 0. The number of benzene rings is 1. The summed E-state index contributed by atoms with van der Waals surface area (Å²) in [5, 5.41) is 5.50. The molecule has 0 aliphatic carbocycles. The number of nitrogens with zero attached hydrogens (tertiary/aromatic N) is 3. The molecule has 100 valence electrons. The number of hydrogen-bond acceptors (Lipinski definition) is 4. The first-order valence-corrected chi connectivity index (χ1v) is 6.75. The number of rotatable bonds is 4. The van der Waals surface area contributed by atoms with Gasteiger partial charge >= 0.3 is 0 Å². The highest BCUT2D eigenvalue weighted by Crippen LogP contribution is 2.23. The zero-order valence-corrected chi connectivity index (χ0v) is 11.4. The Morgan fingerprint density at radius 3 is 2.75 bits per heavy atom. The fourth-order valence-electron chi connectivity index (χ4n) is 2.16. The lowest BCUT2D eigenvalue weighted by Crippen LogP contribution is -2.13. The van der Waals surface area contributed by atoms with E-state index in [2.05, 4.69) is 39.3 Å². The zero-order valence-electron chi connectivity index (χ0n) is 11.4. The van der Waals surface area contributed by atoms with Gasteiger partial charge in [0.1, 0.15) is 5.69 Å². The van der Waals surface area contributed by atoms with E-state index in [1.807, 2.05) is 24.3 Å². The van der Waals surface area contributed by atoms with E-state index >= 15 is 0 Å². The van der Waals surface area contributed by atoms with Crippen LogP contribution in [-0.2, 0) is 6.54 Å². The fourth-order valence-corrected chi connectivity index (χ4v) is 2.16. The first-order chi connectivity index (χ1) is 9.88. The standard InChI is InChI=1S/C16H16N4/c1-2-17-11-13-8-10-19-16(20-13)15-14-6-4-3-5-12(14)7-9-18-15/h3-10,17H,2,11H2,1H3. The first kappa shape index (κ1) is 12.7. The van der Waals surface area contributed by atoms with Crippen molar-refractivity contribution in [3.05, 3.63) is 54.5 Å². The predicted octanol–water partition coefficient (Wildman–Crippen LogP) is 2.80. The third-order valence-electron chi connectivity index (χ3n) is 3.15. The number of fused-ring (bicyclic) bond motifs is 1. The molecule has 0 radical (unpaired) electrons. The van der Waals surface area contributed by atoms with E-state index in [4.69, 9.17) is 0 Å². The number of hydrogen-bond donors (Lipinski definition) is 1. The lowest BCUT2D eigenvalue weighted by Gasteiger charge is -2.06. The summed E-state index contributed by atoms with van der Waals surface area (Å²) >= 11 is 0. The Labute approximate surface area is 117 Å². The van der Waals surface area contributed by atoms with Gasteiger partial charge in [0.2, 0.25) is 0 Å². The molecule has 1 aromatic carbocycles. The summed E-state index contributed by atoms with van der Waals surface area (Å²) in [6.45, 7) is 3.75. The lowest BCUT2D eigenvalue weighted by atomic mass is 10.1. The minimum absolute atomic E-state index is 0.678. The molecule has 0 aliphatic rings. The van der Waals surface area contributed by atoms with Crippen molar-refractivity contribution in [3.63, 3.8) is 0 Å². The Bertz CT molecular complexity index is 719. The third-order valence-corrected chi connectivity index (χ3v) is 3.15. The second-order valence-electron chi connectivity index (χ2n) is 4.53. The van der Waals surface area contributed by atoms with Crippen LogP contribution in [0.1, 0.15) is 12.6 Å². The molecule has 0 aliphatic heterocycles. The Balaban J connectivity index is 2.06. The van der Waals surface area contributed by atoms with Crippen LogP contribution in [0.3, 0.4) is 0 Å². The summed E-state index contributed by atoms with van der Waals surface area (Å²) in [5.74, 6) is 0.678. The average Bonchev–Trinajstić information content (AvgIpc) is 2.52. The van der Waals surface area contributed by atoms with Gasteiger partial charge in [-0.15, -0.1) is 0 Å². The molecule has 3 rings (SSSR count). The van der Waals surface area contributed by atoms with Gasteiger partial charge in [-0.25, -0.2) is 9.97 Å². The molecule has 4 heteroatoms. The third kappa shape index (κ3) is 2.51. The molecule has 0 fully saturated rings. The van der Waals surface area contributed by atoms with E-state index in [1.165, 1.54) is 0 Å². The molecule has 4 nitrogen and oxygen atoms in total. The van der Waals surface area contributed by atoms with Gasteiger partial charge in [-0.1, -0.05) is 31.2 Å². The van der Waals surface area contributed by atoms with Crippen molar-refractivity contribution in [2.75, 3.05) is 6.54 Å². The molecule has 0 unspecified atom stereocenters. The van der Waals surface area contributed by atoms with Crippen LogP contribution in [0.15, 0.2) is 48.8 Å². The summed E-state index contributed by atoms with van der Waals surface area (Å²) in [6.07, 6.45) is 3.59. The molecular formula is C16H16N4. The van der Waals surface area contributed by atoms with E-state index < -0.39 is 0 Å². The monoisotopic (exact) mass is 264 g/mol. The molecule has 0 saturated carbocycles. The van der Waals surface area contributed by atoms with Crippen LogP contribution >= 0.6 is 0 Å². The molecule has 1 N–H and O–H groups in total. The molecule has 0 amide bonds. The predicted molar refractivity (Wildman–Crippen MR) is 80.1 cm³/mol. The molecular weight excluding hydrogens is 248 g/mol. The van der Waals surface area contributed by atoms with Gasteiger partial charge in [0.05, 0.1) is 5.69 Å². The second-order valence-corrected chi connectivity index (χ2v) is 4.53. The van der Waals surface area contributed by atoms with Gasteiger partial charge in [-0.2, -0.15) is 0 Å². The van der Waals surface area contributed by atoms with Gasteiger partial charge < -0.3 is 5.32 Å². The van der Waals surface area contributed by atoms with Gasteiger partial charge in [-0.05, 0) is 24.1 Å². The quantitative estimate of drug-likeness (QED) is 0.787. The molecule has 2 heterocycles. The van der Waals surface area contributed by atoms with Gasteiger partial charge in [-0.3, -0.25) is 4.98 Å². The van der Waals surface area contributed by atoms with Crippen molar-refractivity contribution in [2.24, 2.45) is 0 Å². The van der Waals surface area contributed by atoms with Gasteiger partial charge in [0.15, 0.2) is 5.82 Å². The number of aromatic nitrogens is 3. The molecule has 20 heavy (non-hydrogen) atoms. The van der Waals surface area contributed by atoms with Crippen molar-refractivity contribution >= 4 is 10.8 Å². The number of pyridine rings is 1. The SMILES string of the molecule is CCNCc1ccnc(-c2nccc3ccccc23)n1. The van der Waals surface area contributed by atoms with E-state index in [1.54, 1.807) is 12.4 Å². The minimum Gasteiger partial charge on any atom is -0.311 e. The zero-order chi connectivity index (χ0) is 13.8. The summed E-state index contributed by atoms with van der Waals surface area (Å²) in [5.41, 5.74) is 1.81. The van der Waals surface area contributed by atoms with Crippen LogP contribution in [-0.4, -0.2) is 21.5 Å². The first-order valence-electron chi connectivity index (χ1n) is 6.75. The Morgan fingerprint density at radius 1 is 1.00 bits per heavy atom. The van der Waals surface area contributed by atoms with E-state index in [0.717, 1.165) is 35.2 Å². The van der Waals surface area contributed by atoms with Crippen LogP contribution < -0.4 is 5.32 Å². The van der Waals surface area contributed by atoms with E-state index in [0.29, 0.717) is 5.82 Å². The van der Waals surface area contributed by atoms with Crippen molar-refractivity contribution in [2.45, 2.75) is 13.5 Å². The molecule has 0 bridgehead atoms. The smallest absolute Gasteiger partial charge is 0.179 e. The van der Waals surface area contributed by atoms with E-state index in [-0.39, 0.29) is 0 Å². The molecule has 0 atom stereocenters. The fraction of sp³-hybridized carbons (Fsp3) is 0.188. The Hall–Kier alpha value is -2.33. The van der Waals surface area contributed by atoms with Crippen LogP contribution in [0.5, 0.6) is 0 Å².